The maximum Gasteiger partial charge on any atom is 0.213 e. The van der Waals surface area contributed by atoms with E-state index in [-0.39, 0.29) is 0 Å². The summed E-state index contributed by atoms with van der Waals surface area (Å²) in [5, 5.41) is 0. The Hall–Kier alpha value is -1.62. The monoisotopic (exact) mass is 235 g/mol. The first kappa shape index (κ1) is 10.9. The van der Waals surface area contributed by atoms with E-state index in [1.807, 2.05) is 36.7 Å². The highest BCUT2D eigenvalue weighted by atomic mass is 32.1. The van der Waals surface area contributed by atoms with Crippen LogP contribution in [0, 0.1) is 11.7 Å². The molecule has 0 saturated heterocycles. The van der Waals surface area contributed by atoms with Gasteiger partial charge in [-0.2, -0.15) is 0 Å². The molecule has 1 N–H and O–H groups in total. The highest BCUT2D eigenvalue weighted by Crippen LogP contribution is 2.12. The normalized spacial score (nSPS) is 10.4. The number of nitrogens with zero attached hydrogens (tertiary/aromatic N) is 2. The van der Waals surface area contributed by atoms with Crippen molar-refractivity contribution in [2.45, 2.75) is 13.8 Å². The number of pyridine rings is 1. The summed E-state index contributed by atoms with van der Waals surface area (Å²) in [4.78, 5) is 7.26. The average molecular weight is 235 g/mol. The molecule has 0 fully saturated rings. The van der Waals surface area contributed by atoms with E-state index < -0.39 is 0 Å². The molecule has 0 aliphatic carbocycles. The zero-order valence-electron chi connectivity index (χ0n) is 9.23. The lowest BCUT2D eigenvalue weighted by molar-refractivity contribution is 0.327. The van der Waals surface area contributed by atoms with E-state index in [1.165, 1.54) is 0 Å². The van der Waals surface area contributed by atoms with Crippen LogP contribution in [0.4, 0.5) is 0 Å². The lowest BCUT2D eigenvalue weighted by Gasteiger charge is -2.04. The summed E-state index contributed by atoms with van der Waals surface area (Å²) in [7, 11) is 0. The van der Waals surface area contributed by atoms with Gasteiger partial charge in [-0.15, -0.1) is 0 Å². The molecule has 0 unspecified atom stereocenters. The SMILES string of the molecule is CCOc1ccc(-n2cc(C)[nH]c2=S)cn1. The first-order valence-electron chi connectivity index (χ1n) is 5.08. The number of aromatic amines is 1. The third-order valence-corrected chi connectivity index (χ3v) is 2.44. The van der Waals surface area contributed by atoms with Crippen LogP contribution in [-0.2, 0) is 0 Å². The topological polar surface area (TPSA) is 42.8 Å². The van der Waals surface area contributed by atoms with Gasteiger partial charge in [0, 0.05) is 18.0 Å². The van der Waals surface area contributed by atoms with Gasteiger partial charge in [0.1, 0.15) is 0 Å². The van der Waals surface area contributed by atoms with E-state index in [0.717, 1.165) is 11.4 Å². The predicted molar refractivity (Wildman–Crippen MR) is 64.7 cm³/mol. The van der Waals surface area contributed by atoms with E-state index in [4.69, 9.17) is 17.0 Å². The second-order valence-electron chi connectivity index (χ2n) is 3.40. The van der Waals surface area contributed by atoms with Crippen LogP contribution in [-0.4, -0.2) is 21.1 Å². The van der Waals surface area contributed by atoms with Gasteiger partial charge in [0.15, 0.2) is 4.77 Å². The number of H-pyrrole nitrogens is 1. The van der Waals surface area contributed by atoms with E-state index in [0.29, 0.717) is 17.3 Å². The summed E-state index contributed by atoms with van der Waals surface area (Å²) in [6.07, 6.45) is 3.69. The summed E-state index contributed by atoms with van der Waals surface area (Å²) in [5.41, 5.74) is 1.96. The van der Waals surface area contributed by atoms with Gasteiger partial charge in [0.25, 0.3) is 0 Å². The third-order valence-electron chi connectivity index (χ3n) is 2.14. The van der Waals surface area contributed by atoms with Crippen LogP contribution >= 0.6 is 12.2 Å². The Morgan fingerprint density at radius 1 is 1.50 bits per heavy atom. The highest BCUT2D eigenvalue weighted by molar-refractivity contribution is 7.71. The average Bonchev–Trinajstić information content (AvgIpc) is 2.59. The Morgan fingerprint density at radius 2 is 2.31 bits per heavy atom. The molecule has 0 atom stereocenters. The van der Waals surface area contributed by atoms with Crippen molar-refractivity contribution in [3.8, 4) is 11.6 Å². The maximum atomic E-state index is 5.28. The summed E-state index contributed by atoms with van der Waals surface area (Å²) in [6, 6.07) is 3.77. The number of hydrogen-bond acceptors (Lipinski definition) is 3. The van der Waals surface area contributed by atoms with E-state index in [2.05, 4.69) is 9.97 Å². The molecule has 2 heterocycles. The van der Waals surface area contributed by atoms with Crippen LogP contribution in [0.5, 0.6) is 5.88 Å². The van der Waals surface area contributed by atoms with E-state index in [1.54, 1.807) is 6.20 Å². The molecule has 0 aliphatic rings. The molecule has 5 heteroatoms. The van der Waals surface area contributed by atoms with Crippen molar-refractivity contribution in [3.05, 3.63) is 35.0 Å². The van der Waals surface area contributed by atoms with Crippen LogP contribution in [0.3, 0.4) is 0 Å². The second kappa shape index (κ2) is 4.49. The Morgan fingerprint density at radius 3 is 2.81 bits per heavy atom. The van der Waals surface area contributed by atoms with Crippen LogP contribution in [0.1, 0.15) is 12.6 Å². The van der Waals surface area contributed by atoms with Crippen molar-refractivity contribution >= 4 is 12.2 Å². The van der Waals surface area contributed by atoms with Crippen molar-refractivity contribution in [2.75, 3.05) is 6.61 Å². The molecule has 0 aromatic carbocycles. The lowest BCUT2D eigenvalue weighted by Crippen LogP contribution is -1.97. The highest BCUT2D eigenvalue weighted by Gasteiger charge is 2.01. The van der Waals surface area contributed by atoms with Gasteiger partial charge in [0.05, 0.1) is 18.5 Å². The maximum absolute atomic E-state index is 5.28. The van der Waals surface area contributed by atoms with Crippen molar-refractivity contribution in [2.24, 2.45) is 0 Å². The number of aromatic nitrogens is 3. The molecule has 2 rings (SSSR count). The van der Waals surface area contributed by atoms with Gasteiger partial charge < -0.3 is 9.72 Å². The standard InChI is InChI=1S/C11H13N3OS/c1-3-15-10-5-4-9(6-12-10)14-7-8(2)13-11(14)16/h4-7H,3H2,1-2H3,(H,13,16). The molecule has 2 aromatic rings. The van der Waals surface area contributed by atoms with Gasteiger partial charge in [0.2, 0.25) is 5.88 Å². The zero-order valence-corrected chi connectivity index (χ0v) is 10.0. The van der Waals surface area contributed by atoms with Crippen molar-refractivity contribution in [1.29, 1.82) is 0 Å². The fourth-order valence-corrected chi connectivity index (χ4v) is 1.77. The summed E-state index contributed by atoms with van der Waals surface area (Å²) < 4.78 is 7.83. The Balaban J connectivity index is 2.34. The first-order chi connectivity index (χ1) is 7.70. The number of ether oxygens (including phenoxy) is 1. The van der Waals surface area contributed by atoms with Crippen LogP contribution < -0.4 is 4.74 Å². The molecule has 4 nitrogen and oxygen atoms in total. The molecule has 16 heavy (non-hydrogen) atoms. The summed E-state index contributed by atoms with van der Waals surface area (Å²) >= 11 is 5.19. The van der Waals surface area contributed by atoms with E-state index >= 15 is 0 Å². The Bertz CT molecular complexity index is 527. The van der Waals surface area contributed by atoms with Crippen molar-refractivity contribution in [1.82, 2.24) is 14.5 Å². The number of imidazole rings is 1. The quantitative estimate of drug-likeness (QED) is 0.832. The molecule has 0 amide bonds. The number of aryl methyl sites for hydroxylation is 1. The van der Waals surface area contributed by atoms with Crippen LogP contribution in [0.25, 0.3) is 5.69 Å². The van der Waals surface area contributed by atoms with Gasteiger partial charge in [-0.3, -0.25) is 4.57 Å². The second-order valence-corrected chi connectivity index (χ2v) is 3.79. The summed E-state index contributed by atoms with van der Waals surface area (Å²) in [5.74, 6) is 0.630. The van der Waals surface area contributed by atoms with Gasteiger partial charge in [-0.1, -0.05) is 0 Å². The van der Waals surface area contributed by atoms with Crippen molar-refractivity contribution < 1.29 is 4.74 Å². The van der Waals surface area contributed by atoms with Gasteiger partial charge >= 0.3 is 0 Å². The molecule has 0 bridgehead atoms. The van der Waals surface area contributed by atoms with Gasteiger partial charge in [-0.05, 0) is 32.1 Å². The van der Waals surface area contributed by atoms with E-state index in [9.17, 15) is 0 Å². The van der Waals surface area contributed by atoms with Crippen LogP contribution in [0.15, 0.2) is 24.5 Å². The number of nitrogens with one attached hydrogen (secondary N) is 1. The predicted octanol–water partition coefficient (Wildman–Crippen LogP) is 2.64. The molecule has 2 aromatic heterocycles. The summed E-state index contributed by atoms with van der Waals surface area (Å²) in [6.45, 7) is 4.52. The Kier molecular flexibility index (Phi) is 3.05. The molecular weight excluding hydrogens is 222 g/mol. The molecule has 0 aliphatic heterocycles. The fourth-order valence-electron chi connectivity index (χ4n) is 1.45. The lowest BCUT2D eigenvalue weighted by atomic mass is 10.4. The zero-order chi connectivity index (χ0) is 11.5. The van der Waals surface area contributed by atoms with Gasteiger partial charge in [-0.25, -0.2) is 4.98 Å². The molecule has 0 saturated carbocycles. The van der Waals surface area contributed by atoms with Crippen LogP contribution in [0.2, 0.25) is 0 Å². The molecule has 0 radical (unpaired) electrons. The molecule has 0 spiro atoms. The minimum absolute atomic E-state index is 0.620. The minimum atomic E-state index is 0.620. The largest absolute Gasteiger partial charge is 0.478 e. The smallest absolute Gasteiger partial charge is 0.213 e. The number of hydrogen-bond donors (Lipinski definition) is 1. The molecule has 84 valence electrons. The Labute approximate surface area is 98.9 Å². The molecular formula is C11H13N3OS. The fraction of sp³-hybridized carbons (Fsp3) is 0.273. The van der Waals surface area contributed by atoms with Crippen molar-refractivity contribution in [3.63, 3.8) is 0 Å². The third kappa shape index (κ3) is 2.14. The number of rotatable bonds is 3. The first-order valence-corrected chi connectivity index (χ1v) is 5.49. The minimum Gasteiger partial charge on any atom is -0.478 e.